The fourth-order valence-corrected chi connectivity index (χ4v) is 3.96. The number of rotatable bonds is 7. The summed E-state index contributed by atoms with van der Waals surface area (Å²) in [6.45, 7) is 4.66. The van der Waals surface area contributed by atoms with E-state index in [1.54, 1.807) is 0 Å². The van der Waals surface area contributed by atoms with Crippen molar-refractivity contribution in [1.82, 2.24) is 15.5 Å². The van der Waals surface area contributed by atoms with Crippen molar-refractivity contribution in [2.24, 2.45) is 0 Å². The first-order chi connectivity index (χ1) is 12.6. The van der Waals surface area contributed by atoms with Crippen LogP contribution in [0, 0.1) is 13.8 Å². The van der Waals surface area contributed by atoms with Crippen LogP contribution >= 0.6 is 23.1 Å². The molecule has 0 saturated heterocycles. The van der Waals surface area contributed by atoms with Gasteiger partial charge in [0, 0.05) is 12.2 Å². The van der Waals surface area contributed by atoms with Gasteiger partial charge in [-0.1, -0.05) is 71.1 Å². The summed E-state index contributed by atoms with van der Waals surface area (Å²) in [5, 5.41) is 15.2. The van der Waals surface area contributed by atoms with Crippen LogP contribution < -0.4 is 10.6 Å². The van der Waals surface area contributed by atoms with E-state index in [2.05, 4.69) is 46.8 Å². The fourth-order valence-electron chi connectivity index (χ4n) is 2.36. The van der Waals surface area contributed by atoms with Crippen molar-refractivity contribution < 1.29 is 4.79 Å². The lowest BCUT2D eigenvalue weighted by atomic mass is 10.1. The molecule has 0 saturated carbocycles. The van der Waals surface area contributed by atoms with E-state index in [1.807, 2.05) is 36.4 Å². The Balaban J connectivity index is 1.48. The second-order valence-corrected chi connectivity index (χ2v) is 8.07. The lowest BCUT2D eigenvalue weighted by Crippen LogP contribution is -2.24. The number of hydrogen-bond donors (Lipinski definition) is 2. The van der Waals surface area contributed by atoms with E-state index >= 15 is 0 Å². The Kier molecular flexibility index (Phi) is 6.25. The molecule has 0 fully saturated rings. The molecule has 0 bridgehead atoms. The van der Waals surface area contributed by atoms with Gasteiger partial charge in [0.25, 0.3) is 0 Å². The van der Waals surface area contributed by atoms with Crippen LogP contribution in [0.15, 0.2) is 52.9 Å². The molecule has 0 atom stereocenters. The van der Waals surface area contributed by atoms with Crippen LogP contribution in [0.5, 0.6) is 0 Å². The van der Waals surface area contributed by atoms with E-state index in [0.29, 0.717) is 12.3 Å². The third kappa shape index (κ3) is 5.31. The van der Waals surface area contributed by atoms with Crippen LogP contribution in [0.3, 0.4) is 0 Å². The molecular formula is C19H20N4OS2. The largest absolute Gasteiger partial charge is 0.351 e. The highest BCUT2D eigenvalue weighted by Crippen LogP contribution is 2.28. The van der Waals surface area contributed by atoms with E-state index in [1.165, 1.54) is 28.7 Å². The summed E-state index contributed by atoms with van der Waals surface area (Å²) in [6.07, 6.45) is 0. The molecule has 0 unspecified atom stereocenters. The van der Waals surface area contributed by atoms with Crippen molar-refractivity contribution in [3.05, 3.63) is 65.2 Å². The fraction of sp³-hybridized carbons (Fsp3) is 0.211. The molecule has 0 aliphatic carbocycles. The molecule has 0 radical (unpaired) electrons. The summed E-state index contributed by atoms with van der Waals surface area (Å²) in [6, 6.07) is 16.1. The Labute approximate surface area is 161 Å². The maximum atomic E-state index is 12.0. The summed E-state index contributed by atoms with van der Waals surface area (Å²) < 4.78 is 0.770. The number of thioether (sulfide) groups is 1. The number of aryl methyl sites for hydroxylation is 2. The van der Waals surface area contributed by atoms with Crippen LogP contribution in [0.25, 0.3) is 0 Å². The lowest BCUT2D eigenvalue weighted by Gasteiger charge is -2.06. The average Bonchev–Trinajstić information content (AvgIpc) is 3.09. The van der Waals surface area contributed by atoms with E-state index < -0.39 is 0 Å². The monoisotopic (exact) mass is 384 g/mol. The van der Waals surface area contributed by atoms with Crippen LogP contribution in [0.1, 0.15) is 16.7 Å². The molecule has 26 heavy (non-hydrogen) atoms. The zero-order valence-electron chi connectivity index (χ0n) is 14.7. The highest BCUT2D eigenvalue weighted by Gasteiger charge is 2.09. The Morgan fingerprint density at radius 2 is 1.92 bits per heavy atom. The van der Waals surface area contributed by atoms with Gasteiger partial charge in [0.2, 0.25) is 11.0 Å². The van der Waals surface area contributed by atoms with Gasteiger partial charge in [-0.15, -0.1) is 10.2 Å². The van der Waals surface area contributed by atoms with Crippen LogP contribution in [0.2, 0.25) is 0 Å². The van der Waals surface area contributed by atoms with E-state index in [4.69, 9.17) is 0 Å². The first kappa shape index (κ1) is 18.4. The van der Waals surface area contributed by atoms with E-state index in [-0.39, 0.29) is 5.91 Å². The summed E-state index contributed by atoms with van der Waals surface area (Å²) >= 11 is 2.84. The second kappa shape index (κ2) is 8.82. The van der Waals surface area contributed by atoms with Gasteiger partial charge in [-0.2, -0.15) is 0 Å². The van der Waals surface area contributed by atoms with Crippen molar-refractivity contribution in [1.29, 1.82) is 0 Å². The minimum Gasteiger partial charge on any atom is -0.351 e. The number of carbonyl (C=O) groups is 1. The minimum atomic E-state index is -0.0158. The van der Waals surface area contributed by atoms with Crippen LogP contribution in [-0.2, 0) is 11.3 Å². The number of anilines is 2. The number of nitrogens with one attached hydrogen (secondary N) is 2. The number of nitrogens with zero attached hydrogens (tertiary/aromatic N) is 2. The number of benzene rings is 2. The molecule has 1 heterocycles. The van der Waals surface area contributed by atoms with Crippen LogP contribution in [0.4, 0.5) is 10.8 Å². The predicted octanol–water partition coefficient (Wildman–Crippen LogP) is 4.31. The first-order valence-electron chi connectivity index (χ1n) is 8.21. The minimum absolute atomic E-state index is 0.0158. The van der Waals surface area contributed by atoms with Crippen molar-refractivity contribution >= 4 is 39.8 Å². The summed E-state index contributed by atoms with van der Waals surface area (Å²) in [5.74, 6) is 0.309. The Bertz CT molecular complexity index is 880. The third-order valence-corrected chi connectivity index (χ3v) is 5.66. The van der Waals surface area contributed by atoms with Crippen molar-refractivity contribution in [3.8, 4) is 0 Å². The SMILES string of the molecule is Cc1ccc(Nc2nnc(SCC(=O)NCc3ccccc3)s2)c(C)c1. The Hall–Kier alpha value is -2.38. The van der Waals surface area contributed by atoms with Gasteiger partial charge in [0.05, 0.1) is 5.75 Å². The Morgan fingerprint density at radius 3 is 2.69 bits per heavy atom. The second-order valence-electron chi connectivity index (χ2n) is 5.87. The molecule has 3 aromatic rings. The number of carbonyl (C=O) groups excluding carboxylic acids is 1. The molecule has 0 aliphatic heterocycles. The number of amides is 1. The van der Waals surface area contributed by atoms with E-state index in [0.717, 1.165) is 26.3 Å². The van der Waals surface area contributed by atoms with Crippen molar-refractivity contribution in [2.75, 3.05) is 11.1 Å². The molecular weight excluding hydrogens is 364 g/mol. The van der Waals surface area contributed by atoms with Crippen molar-refractivity contribution in [2.45, 2.75) is 24.7 Å². The highest BCUT2D eigenvalue weighted by atomic mass is 32.2. The zero-order valence-corrected chi connectivity index (χ0v) is 16.3. The van der Waals surface area contributed by atoms with Gasteiger partial charge in [-0.05, 0) is 31.0 Å². The molecule has 2 N–H and O–H groups in total. The number of aromatic nitrogens is 2. The smallest absolute Gasteiger partial charge is 0.230 e. The molecule has 2 aromatic carbocycles. The topological polar surface area (TPSA) is 66.9 Å². The summed E-state index contributed by atoms with van der Waals surface area (Å²) in [7, 11) is 0. The normalized spacial score (nSPS) is 10.5. The molecule has 1 aromatic heterocycles. The van der Waals surface area contributed by atoms with Gasteiger partial charge in [-0.3, -0.25) is 4.79 Å². The van der Waals surface area contributed by atoms with Gasteiger partial charge in [-0.25, -0.2) is 0 Å². The third-order valence-electron chi connectivity index (χ3n) is 3.69. The molecule has 5 nitrogen and oxygen atoms in total. The Morgan fingerprint density at radius 1 is 1.12 bits per heavy atom. The summed E-state index contributed by atoms with van der Waals surface area (Å²) in [5.41, 5.74) is 4.49. The molecule has 134 valence electrons. The summed E-state index contributed by atoms with van der Waals surface area (Å²) in [4.78, 5) is 12.0. The molecule has 0 spiro atoms. The first-order valence-corrected chi connectivity index (χ1v) is 10.0. The zero-order chi connectivity index (χ0) is 18.4. The lowest BCUT2D eigenvalue weighted by molar-refractivity contribution is -0.118. The van der Waals surface area contributed by atoms with Crippen molar-refractivity contribution in [3.63, 3.8) is 0 Å². The van der Waals surface area contributed by atoms with Gasteiger partial charge < -0.3 is 10.6 Å². The quantitative estimate of drug-likeness (QED) is 0.594. The maximum absolute atomic E-state index is 12.0. The molecule has 3 rings (SSSR count). The number of hydrogen-bond acceptors (Lipinski definition) is 6. The van der Waals surface area contributed by atoms with E-state index in [9.17, 15) is 4.79 Å². The molecule has 0 aliphatic rings. The average molecular weight is 385 g/mol. The van der Waals surface area contributed by atoms with Crippen LogP contribution in [-0.4, -0.2) is 21.9 Å². The maximum Gasteiger partial charge on any atom is 0.230 e. The molecule has 7 heteroatoms. The van der Waals surface area contributed by atoms with Gasteiger partial charge in [0.15, 0.2) is 4.34 Å². The highest BCUT2D eigenvalue weighted by molar-refractivity contribution is 8.01. The van der Waals surface area contributed by atoms with Gasteiger partial charge >= 0.3 is 0 Å². The van der Waals surface area contributed by atoms with Gasteiger partial charge in [0.1, 0.15) is 0 Å². The predicted molar refractivity (Wildman–Crippen MR) is 108 cm³/mol. The standard InChI is InChI=1S/C19H20N4OS2/c1-13-8-9-16(14(2)10-13)21-18-22-23-19(26-18)25-12-17(24)20-11-15-6-4-3-5-7-15/h3-10H,11-12H2,1-2H3,(H,20,24)(H,21,22). The molecule has 1 amide bonds.